The van der Waals surface area contributed by atoms with Crippen molar-refractivity contribution in [2.45, 2.75) is 25.9 Å². The normalized spacial score (nSPS) is 12.4. The van der Waals surface area contributed by atoms with E-state index < -0.39 is 6.10 Å². The van der Waals surface area contributed by atoms with Crippen LogP contribution >= 0.6 is 0 Å². The van der Waals surface area contributed by atoms with E-state index in [9.17, 15) is 5.11 Å². The SMILES string of the molecule is COc1ccc(CC(O)Cc2cc(C)nn2C)cc1. The maximum absolute atomic E-state index is 10.1. The van der Waals surface area contributed by atoms with Crippen LogP contribution in [-0.4, -0.2) is 28.1 Å². The Morgan fingerprint density at radius 2 is 1.95 bits per heavy atom. The number of benzene rings is 1. The van der Waals surface area contributed by atoms with Crippen LogP contribution in [0.25, 0.3) is 0 Å². The Hall–Kier alpha value is -1.81. The molecule has 19 heavy (non-hydrogen) atoms. The first-order valence-electron chi connectivity index (χ1n) is 6.39. The van der Waals surface area contributed by atoms with Gasteiger partial charge in [0.1, 0.15) is 5.75 Å². The van der Waals surface area contributed by atoms with Crippen molar-refractivity contribution in [3.8, 4) is 5.75 Å². The van der Waals surface area contributed by atoms with Crippen molar-refractivity contribution in [3.05, 3.63) is 47.3 Å². The van der Waals surface area contributed by atoms with Gasteiger partial charge in [-0.3, -0.25) is 4.68 Å². The third-order valence-corrected chi connectivity index (χ3v) is 3.17. The van der Waals surface area contributed by atoms with E-state index in [2.05, 4.69) is 5.10 Å². The summed E-state index contributed by atoms with van der Waals surface area (Å²) in [6, 6.07) is 9.80. The fraction of sp³-hybridized carbons (Fsp3) is 0.400. The van der Waals surface area contributed by atoms with E-state index in [1.165, 1.54) is 0 Å². The topological polar surface area (TPSA) is 47.3 Å². The van der Waals surface area contributed by atoms with E-state index in [4.69, 9.17) is 4.74 Å². The molecule has 0 saturated carbocycles. The maximum Gasteiger partial charge on any atom is 0.118 e. The lowest BCUT2D eigenvalue weighted by Gasteiger charge is -2.11. The molecule has 0 saturated heterocycles. The van der Waals surface area contributed by atoms with Crippen LogP contribution in [-0.2, 0) is 19.9 Å². The van der Waals surface area contributed by atoms with Gasteiger partial charge in [-0.15, -0.1) is 0 Å². The van der Waals surface area contributed by atoms with E-state index in [0.717, 1.165) is 22.7 Å². The molecule has 0 amide bonds. The van der Waals surface area contributed by atoms with Crippen LogP contribution in [0.2, 0.25) is 0 Å². The number of hydrogen-bond donors (Lipinski definition) is 1. The number of aliphatic hydroxyl groups is 1. The van der Waals surface area contributed by atoms with Gasteiger partial charge in [-0.05, 0) is 37.1 Å². The largest absolute Gasteiger partial charge is 0.497 e. The van der Waals surface area contributed by atoms with Gasteiger partial charge in [-0.2, -0.15) is 5.10 Å². The number of aryl methyl sites for hydroxylation is 2. The number of nitrogens with zero attached hydrogens (tertiary/aromatic N) is 2. The minimum Gasteiger partial charge on any atom is -0.497 e. The van der Waals surface area contributed by atoms with Crippen LogP contribution in [0.4, 0.5) is 0 Å². The molecule has 102 valence electrons. The van der Waals surface area contributed by atoms with Crippen LogP contribution < -0.4 is 4.74 Å². The molecule has 0 fully saturated rings. The zero-order valence-electron chi connectivity index (χ0n) is 11.6. The summed E-state index contributed by atoms with van der Waals surface area (Å²) in [5, 5.41) is 14.4. The Bertz CT molecular complexity index is 532. The van der Waals surface area contributed by atoms with E-state index in [0.29, 0.717) is 12.8 Å². The smallest absolute Gasteiger partial charge is 0.118 e. The predicted molar refractivity (Wildman–Crippen MR) is 74.4 cm³/mol. The Labute approximate surface area is 113 Å². The summed E-state index contributed by atoms with van der Waals surface area (Å²) in [6.07, 6.45) is 0.848. The van der Waals surface area contributed by atoms with Gasteiger partial charge in [0, 0.05) is 19.2 Å². The lowest BCUT2D eigenvalue weighted by Crippen LogP contribution is -2.16. The first kappa shape index (κ1) is 13.6. The summed E-state index contributed by atoms with van der Waals surface area (Å²) < 4.78 is 6.94. The maximum atomic E-state index is 10.1. The van der Waals surface area contributed by atoms with Crippen molar-refractivity contribution in [2.75, 3.05) is 7.11 Å². The average molecular weight is 260 g/mol. The predicted octanol–water partition coefficient (Wildman–Crippen LogP) is 1.88. The van der Waals surface area contributed by atoms with E-state index in [-0.39, 0.29) is 0 Å². The molecule has 4 nitrogen and oxygen atoms in total. The molecule has 0 bridgehead atoms. The molecule has 1 aromatic carbocycles. The molecule has 1 N–H and O–H groups in total. The van der Waals surface area contributed by atoms with E-state index >= 15 is 0 Å². The highest BCUT2D eigenvalue weighted by atomic mass is 16.5. The average Bonchev–Trinajstić information content (AvgIpc) is 2.68. The molecule has 0 aliphatic heterocycles. The van der Waals surface area contributed by atoms with Gasteiger partial charge >= 0.3 is 0 Å². The quantitative estimate of drug-likeness (QED) is 0.893. The molecule has 0 radical (unpaired) electrons. The standard InChI is InChI=1S/C15H20N2O2/c1-11-8-13(17(2)16-11)10-14(18)9-12-4-6-15(19-3)7-5-12/h4-8,14,18H,9-10H2,1-3H3. The first-order chi connectivity index (χ1) is 9.08. The minimum atomic E-state index is -0.400. The molecule has 0 spiro atoms. The monoisotopic (exact) mass is 260 g/mol. The lowest BCUT2D eigenvalue weighted by molar-refractivity contribution is 0.173. The molecule has 1 unspecified atom stereocenters. The van der Waals surface area contributed by atoms with E-state index in [1.807, 2.05) is 49.0 Å². The number of ether oxygens (including phenoxy) is 1. The van der Waals surface area contributed by atoms with Crippen LogP contribution in [0.3, 0.4) is 0 Å². The Morgan fingerprint density at radius 1 is 1.26 bits per heavy atom. The number of aliphatic hydroxyl groups excluding tert-OH is 1. The molecule has 1 heterocycles. The summed E-state index contributed by atoms with van der Waals surface area (Å²) in [5.74, 6) is 0.834. The second-order valence-corrected chi connectivity index (χ2v) is 4.81. The number of methoxy groups -OCH3 is 1. The molecule has 0 aliphatic carbocycles. The molecular formula is C15H20N2O2. The zero-order valence-corrected chi connectivity index (χ0v) is 11.6. The molecule has 0 aliphatic rings. The molecule has 1 atom stereocenters. The second-order valence-electron chi connectivity index (χ2n) is 4.81. The van der Waals surface area contributed by atoms with Gasteiger partial charge in [-0.25, -0.2) is 0 Å². The van der Waals surface area contributed by atoms with Crippen LogP contribution in [0.15, 0.2) is 30.3 Å². The van der Waals surface area contributed by atoms with Gasteiger partial charge in [0.05, 0.1) is 18.9 Å². The van der Waals surface area contributed by atoms with Crippen molar-refractivity contribution in [2.24, 2.45) is 7.05 Å². The van der Waals surface area contributed by atoms with Crippen molar-refractivity contribution < 1.29 is 9.84 Å². The van der Waals surface area contributed by atoms with E-state index in [1.54, 1.807) is 7.11 Å². The number of hydrogen-bond acceptors (Lipinski definition) is 3. The molecule has 2 aromatic rings. The fourth-order valence-electron chi connectivity index (χ4n) is 2.20. The van der Waals surface area contributed by atoms with Gasteiger partial charge in [0.15, 0.2) is 0 Å². The lowest BCUT2D eigenvalue weighted by atomic mass is 10.0. The highest BCUT2D eigenvalue weighted by Gasteiger charge is 2.10. The Kier molecular flexibility index (Phi) is 4.22. The van der Waals surface area contributed by atoms with Crippen LogP contribution in [0.1, 0.15) is 17.0 Å². The summed E-state index contributed by atoms with van der Waals surface area (Å²) >= 11 is 0. The fourth-order valence-corrected chi connectivity index (χ4v) is 2.20. The third kappa shape index (κ3) is 3.58. The number of rotatable bonds is 5. The van der Waals surface area contributed by atoms with Crippen LogP contribution in [0, 0.1) is 6.92 Å². The number of aromatic nitrogens is 2. The Morgan fingerprint density at radius 3 is 2.47 bits per heavy atom. The third-order valence-electron chi connectivity index (χ3n) is 3.17. The summed E-state index contributed by atoms with van der Waals surface area (Å²) in [7, 11) is 3.55. The van der Waals surface area contributed by atoms with Gasteiger partial charge in [0.25, 0.3) is 0 Å². The molecule has 4 heteroatoms. The highest BCUT2D eigenvalue weighted by Crippen LogP contribution is 2.14. The van der Waals surface area contributed by atoms with Crippen molar-refractivity contribution in [1.82, 2.24) is 9.78 Å². The summed E-state index contributed by atoms with van der Waals surface area (Å²) in [4.78, 5) is 0. The zero-order chi connectivity index (χ0) is 13.8. The van der Waals surface area contributed by atoms with Crippen molar-refractivity contribution in [1.29, 1.82) is 0 Å². The molecular weight excluding hydrogens is 240 g/mol. The minimum absolute atomic E-state index is 0.400. The van der Waals surface area contributed by atoms with Crippen molar-refractivity contribution in [3.63, 3.8) is 0 Å². The van der Waals surface area contributed by atoms with Crippen LogP contribution in [0.5, 0.6) is 5.75 Å². The van der Waals surface area contributed by atoms with Gasteiger partial charge < -0.3 is 9.84 Å². The summed E-state index contributed by atoms with van der Waals surface area (Å²) in [6.45, 7) is 1.96. The summed E-state index contributed by atoms with van der Waals surface area (Å²) in [5.41, 5.74) is 3.14. The second kappa shape index (κ2) is 5.89. The van der Waals surface area contributed by atoms with Crippen molar-refractivity contribution >= 4 is 0 Å². The Balaban J connectivity index is 1.96. The highest BCUT2D eigenvalue weighted by molar-refractivity contribution is 5.27. The molecule has 1 aromatic heterocycles. The first-order valence-corrected chi connectivity index (χ1v) is 6.39. The van der Waals surface area contributed by atoms with Gasteiger partial charge in [-0.1, -0.05) is 12.1 Å². The van der Waals surface area contributed by atoms with Gasteiger partial charge in [0.2, 0.25) is 0 Å². The molecule has 2 rings (SSSR count).